The summed E-state index contributed by atoms with van der Waals surface area (Å²) < 4.78 is 5.02. The Hall–Kier alpha value is -2.02. The number of hydrogen-bond acceptors (Lipinski definition) is 3. The van der Waals surface area contributed by atoms with Gasteiger partial charge in [0, 0.05) is 11.8 Å². The lowest BCUT2D eigenvalue weighted by Crippen LogP contribution is -2.03. The first kappa shape index (κ1) is 8.57. The highest BCUT2D eigenvalue weighted by atomic mass is 16.5. The molecule has 0 aromatic heterocycles. The van der Waals surface area contributed by atoms with E-state index in [2.05, 4.69) is 5.32 Å². The van der Waals surface area contributed by atoms with E-state index in [-0.39, 0.29) is 5.91 Å². The molecule has 0 radical (unpaired) electrons. The molecule has 1 heterocycles. The van der Waals surface area contributed by atoms with Gasteiger partial charge in [-0.25, -0.2) is 0 Å². The van der Waals surface area contributed by atoms with E-state index in [1.54, 1.807) is 12.1 Å². The number of rotatable bonds is 1. The molecule has 1 amide bonds. The fourth-order valence-electron chi connectivity index (χ4n) is 1.51. The van der Waals surface area contributed by atoms with Crippen LogP contribution in [0.5, 0.6) is 5.75 Å². The van der Waals surface area contributed by atoms with E-state index in [9.17, 15) is 4.79 Å². The summed E-state index contributed by atoms with van der Waals surface area (Å²) in [5.74, 6) is 0.450. The van der Waals surface area contributed by atoms with Gasteiger partial charge in [0.2, 0.25) is 5.91 Å². The van der Waals surface area contributed by atoms with Crippen LogP contribution in [0.1, 0.15) is 11.1 Å². The second-order valence-electron chi connectivity index (χ2n) is 3.05. The van der Waals surface area contributed by atoms with Crippen LogP contribution < -0.4 is 10.1 Å². The van der Waals surface area contributed by atoms with Gasteiger partial charge in [-0.05, 0) is 11.6 Å². The Bertz CT molecular complexity index is 446. The van der Waals surface area contributed by atoms with E-state index in [1.807, 2.05) is 6.07 Å². The van der Waals surface area contributed by atoms with Crippen molar-refractivity contribution in [3.63, 3.8) is 0 Å². The molecule has 0 spiro atoms. The summed E-state index contributed by atoms with van der Waals surface area (Å²) in [5, 5.41) is 11.5. The number of nitriles is 1. The van der Waals surface area contributed by atoms with Crippen LogP contribution in [-0.2, 0) is 11.2 Å². The van der Waals surface area contributed by atoms with Crippen molar-refractivity contribution >= 4 is 11.6 Å². The Morgan fingerprint density at radius 3 is 3.00 bits per heavy atom. The highest BCUT2D eigenvalue weighted by Crippen LogP contribution is 2.30. The summed E-state index contributed by atoms with van der Waals surface area (Å²) in [5.41, 5.74) is 2.06. The predicted molar refractivity (Wildman–Crippen MR) is 50.0 cm³/mol. The third-order valence-corrected chi connectivity index (χ3v) is 2.17. The maximum Gasteiger partial charge on any atom is 0.228 e. The highest BCUT2D eigenvalue weighted by Gasteiger charge is 2.20. The number of carbonyl (C=O) groups excluding carboxylic acids is 1. The van der Waals surface area contributed by atoms with Crippen LogP contribution in [0.3, 0.4) is 0 Å². The fraction of sp³-hybridized carbons (Fsp3) is 0.200. The maximum atomic E-state index is 11.1. The summed E-state index contributed by atoms with van der Waals surface area (Å²) in [6.07, 6.45) is 0.341. The number of benzene rings is 1. The molecule has 2 rings (SSSR count). The van der Waals surface area contributed by atoms with Crippen LogP contribution in [0.4, 0.5) is 5.69 Å². The number of methoxy groups -OCH3 is 1. The molecular formula is C10H8N2O2. The predicted octanol–water partition coefficient (Wildman–Crippen LogP) is 1.06. The highest BCUT2D eigenvalue weighted by molar-refractivity contribution is 5.99. The van der Waals surface area contributed by atoms with Crippen LogP contribution in [0.2, 0.25) is 0 Å². The van der Waals surface area contributed by atoms with Crippen molar-refractivity contribution in [1.82, 2.24) is 0 Å². The Morgan fingerprint density at radius 1 is 1.57 bits per heavy atom. The van der Waals surface area contributed by atoms with Crippen molar-refractivity contribution < 1.29 is 9.53 Å². The molecule has 0 aliphatic carbocycles. The molecule has 1 N–H and O–H groups in total. The van der Waals surface area contributed by atoms with Crippen molar-refractivity contribution in [1.29, 1.82) is 5.26 Å². The van der Waals surface area contributed by atoms with Crippen molar-refractivity contribution in [3.8, 4) is 11.8 Å². The van der Waals surface area contributed by atoms with Crippen LogP contribution in [0, 0.1) is 11.3 Å². The average Bonchev–Trinajstić information content (AvgIpc) is 2.54. The lowest BCUT2D eigenvalue weighted by Gasteiger charge is -2.05. The zero-order valence-electron chi connectivity index (χ0n) is 7.63. The van der Waals surface area contributed by atoms with E-state index in [1.165, 1.54) is 7.11 Å². The zero-order valence-corrected chi connectivity index (χ0v) is 7.63. The minimum atomic E-state index is -0.0443. The molecular weight excluding hydrogens is 180 g/mol. The van der Waals surface area contributed by atoms with Gasteiger partial charge >= 0.3 is 0 Å². The van der Waals surface area contributed by atoms with E-state index < -0.39 is 0 Å². The van der Waals surface area contributed by atoms with Crippen molar-refractivity contribution in [2.24, 2.45) is 0 Å². The Labute approximate surface area is 81.1 Å². The fourth-order valence-corrected chi connectivity index (χ4v) is 1.51. The number of fused-ring (bicyclic) bond motifs is 1. The van der Waals surface area contributed by atoms with Crippen molar-refractivity contribution in [3.05, 3.63) is 23.3 Å². The van der Waals surface area contributed by atoms with Crippen molar-refractivity contribution in [2.45, 2.75) is 6.42 Å². The van der Waals surface area contributed by atoms with E-state index in [4.69, 9.17) is 10.00 Å². The van der Waals surface area contributed by atoms with Gasteiger partial charge in [0.05, 0.1) is 19.1 Å². The minimum absolute atomic E-state index is 0.0443. The molecule has 1 aromatic rings. The third-order valence-electron chi connectivity index (χ3n) is 2.17. The number of nitrogens with zero attached hydrogens (tertiary/aromatic N) is 1. The van der Waals surface area contributed by atoms with Crippen molar-refractivity contribution in [2.75, 3.05) is 12.4 Å². The first-order chi connectivity index (χ1) is 6.74. The van der Waals surface area contributed by atoms with Gasteiger partial charge in [-0.2, -0.15) is 5.26 Å². The lowest BCUT2D eigenvalue weighted by atomic mass is 10.1. The van der Waals surface area contributed by atoms with Gasteiger partial charge in [-0.15, -0.1) is 0 Å². The van der Waals surface area contributed by atoms with Gasteiger partial charge in [0.1, 0.15) is 11.8 Å². The summed E-state index contributed by atoms with van der Waals surface area (Å²) in [6, 6.07) is 5.39. The normalized spacial score (nSPS) is 13.0. The third kappa shape index (κ3) is 1.19. The molecule has 4 heteroatoms. The van der Waals surface area contributed by atoms with Crippen LogP contribution >= 0.6 is 0 Å². The maximum absolute atomic E-state index is 11.1. The van der Waals surface area contributed by atoms with Crippen LogP contribution in [0.25, 0.3) is 0 Å². The molecule has 0 bridgehead atoms. The van der Waals surface area contributed by atoms with E-state index >= 15 is 0 Å². The second-order valence-corrected chi connectivity index (χ2v) is 3.05. The Kier molecular flexibility index (Phi) is 1.86. The van der Waals surface area contributed by atoms with Gasteiger partial charge in [0.15, 0.2) is 0 Å². The SMILES string of the molecule is COc1cc2c(cc1C#N)CC(=O)N2. The summed E-state index contributed by atoms with van der Waals surface area (Å²) in [6.45, 7) is 0. The first-order valence-electron chi connectivity index (χ1n) is 4.15. The largest absolute Gasteiger partial charge is 0.495 e. The number of hydrogen-bond donors (Lipinski definition) is 1. The molecule has 1 aromatic carbocycles. The quantitative estimate of drug-likeness (QED) is 0.716. The number of carbonyl (C=O) groups is 1. The molecule has 1 aliphatic rings. The Morgan fingerprint density at radius 2 is 2.36 bits per heavy atom. The van der Waals surface area contributed by atoms with E-state index in [0.717, 1.165) is 11.3 Å². The molecule has 0 saturated carbocycles. The standard InChI is InChI=1S/C10H8N2O2/c1-14-9-4-8-6(2-7(9)5-11)3-10(13)12-8/h2,4H,3H2,1H3,(H,12,13). The summed E-state index contributed by atoms with van der Waals surface area (Å²) in [7, 11) is 1.50. The number of nitrogens with one attached hydrogen (secondary N) is 1. The van der Waals surface area contributed by atoms with Gasteiger partial charge < -0.3 is 10.1 Å². The zero-order chi connectivity index (χ0) is 10.1. The molecule has 4 nitrogen and oxygen atoms in total. The summed E-state index contributed by atoms with van der Waals surface area (Å²) >= 11 is 0. The van der Waals surface area contributed by atoms with Gasteiger partial charge in [-0.1, -0.05) is 0 Å². The van der Waals surface area contributed by atoms with Gasteiger partial charge in [-0.3, -0.25) is 4.79 Å². The molecule has 0 atom stereocenters. The number of anilines is 1. The summed E-state index contributed by atoms with van der Waals surface area (Å²) in [4.78, 5) is 11.1. The lowest BCUT2D eigenvalue weighted by molar-refractivity contribution is -0.115. The van der Waals surface area contributed by atoms with Gasteiger partial charge in [0.25, 0.3) is 0 Å². The average molecular weight is 188 g/mol. The van der Waals surface area contributed by atoms with Crippen LogP contribution in [0.15, 0.2) is 12.1 Å². The van der Waals surface area contributed by atoms with Crippen LogP contribution in [-0.4, -0.2) is 13.0 Å². The first-order valence-corrected chi connectivity index (χ1v) is 4.15. The molecule has 14 heavy (non-hydrogen) atoms. The molecule has 0 saturated heterocycles. The monoisotopic (exact) mass is 188 g/mol. The second kappa shape index (κ2) is 3.04. The minimum Gasteiger partial charge on any atom is -0.495 e. The molecule has 1 aliphatic heterocycles. The molecule has 70 valence electrons. The van der Waals surface area contributed by atoms with E-state index in [0.29, 0.717) is 17.7 Å². The number of amides is 1. The Balaban J connectivity index is 2.55. The number of ether oxygens (including phenoxy) is 1. The molecule has 0 fully saturated rings. The molecule has 0 unspecified atom stereocenters. The topological polar surface area (TPSA) is 62.1 Å². The smallest absolute Gasteiger partial charge is 0.228 e.